The highest BCUT2D eigenvalue weighted by Gasteiger charge is 2.25. The molecule has 1 aromatic carbocycles. The number of benzene rings is 1. The first-order valence-electron chi connectivity index (χ1n) is 8.07. The topological polar surface area (TPSA) is 60.9 Å². The average Bonchev–Trinajstić information content (AvgIpc) is 2.57. The molecule has 2 amide bonds. The van der Waals surface area contributed by atoms with Gasteiger partial charge in [-0.15, -0.1) is 0 Å². The second kappa shape index (κ2) is 8.19. The molecule has 0 aromatic heterocycles. The SMILES string of the molecule is CC(O)C(=O)N1CCN(C(=O)CCCc2ccc(F)c(F)c2)CC1. The van der Waals surface area contributed by atoms with Crippen LogP contribution in [-0.4, -0.2) is 59.0 Å². The lowest BCUT2D eigenvalue weighted by Crippen LogP contribution is -2.52. The van der Waals surface area contributed by atoms with Crippen LogP contribution in [-0.2, 0) is 16.0 Å². The smallest absolute Gasteiger partial charge is 0.251 e. The van der Waals surface area contributed by atoms with Crippen molar-refractivity contribution in [3.05, 3.63) is 35.4 Å². The molecule has 1 N–H and O–H groups in total. The fourth-order valence-corrected chi connectivity index (χ4v) is 2.74. The summed E-state index contributed by atoms with van der Waals surface area (Å²) in [6.07, 6.45) is 0.354. The van der Waals surface area contributed by atoms with E-state index in [1.807, 2.05) is 0 Å². The fraction of sp³-hybridized carbons (Fsp3) is 0.529. The summed E-state index contributed by atoms with van der Waals surface area (Å²) in [7, 11) is 0. The fourth-order valence-electron chi connectivity index (χ4n) is 2.74. The van der Waals surface area contributed by atoms with Crippen molar-refractivity contribution in [1.29, 1.82) is 0 Å². The minimum atomic E-state index is -1.02. The molecule has 1 aromatic rings. The maximum atomic E-state index is 13.1. The largest absolute Gasteiger partial charge is 0.384 e. The van der Waals surface area contributed by atoms with Gasteiger partial charge >= 0.3 is 0 Å². The molecule has 0 aliphatic carbocycles. The summed E-state index contributed by atoms with van der Waals surface area (Å²) in [5.74, 6) is -2.08. The predicted molar refractivity (Wildman–Crippen MR) is 84.1 cm³/mol. The Labute approximate surface area is 139 Å². The molecule has 1 fully saturated rings. The standard InChI is InChI=1S/C17H22F2N2O3/c1-12(22)17(24)21-9-7-20(8-10-21)16(23)4-2-3-13-5-6-14(18)15(19)11-13/h5-6,11-12,22H,2-4,7-10H2,1H3. The Balaban J connectivity index is 1.74. The number of aliphatic hydroxyl groups is 1. The van der Waals surface area contributed by atoms with Crippen molar-refractivity contribution in [1.82, 2.24) is 9.80 Å². The normalized spacial score (nSPS) is 16.2. The van der Waals surface area contributed by atoms with Gasteiger partial charge in [-0.3, -0.25) is 9.59 Å². The van der Waals surface area contributed by atoms with Crippen molar-refractivity contribution in [3.63, 3.8) is 0 Å². The third-order valence-corrected chi connectivity index (χ3v) is 4.14. The van der Waals surface area contributed by atoms with E-state index in [2.05, 4.69) is 0 Å². The van der Waals surface area contributed by atoms with Gasteiger partial charge in [0.25, 0.3) is 5.91 Å². The molecule has 0 radical (unpaired) electrons. The second-order valence-electron chi connectivity index (χ2n) is 5.98. The lowest BCUT2D eigenvalue weighted by atomic mass is 10.1. The Kier molecular flexibility index (Phi) is 6.25. The van der Waals surface area contributed by atoms with Gasteiger partial charge in [-0.1, -0.05) is 6.07 Å². The summed E-state index contributed by atoms with van der Waals surface area (Å²) < 4.78 is 26.0. The van der Waals surface area contributed by atoms with Crippen molar-refractivity contribution in [3.8, 4) is 0 Å². The Morgan fingerprint density at radius 2 is 1.75 bits per heavy atom. The van der Waals surface area contributed by atoms with Gasteiger partial charge in [-0.05, 0) is 37.5 Å². The summed E-state index contributed by atoms with van der Waals surface area (Å²) in [6, 6.07) is 3.76. The Hall–Kier alpha value is -2.02. The Morgan fingerprint density at radius 1 is 1.12 bits per heavy atom. The molecule has 132 valence electrons. The zero-order chi connectivity index (χ0) is 17.7. The highest BCUT2D eigenvalue weighted by Crippen LogP contribution is 2.13. The molecule has 0 bridgehead atoms. The van der Waals surface area contributed by atoms with Gasteiger partial charge in [0.05, 0.1) is 0 Å². The first-order valence-corrected chi connectivity index (χ1v) is 8.07. The molecule has 24 heavy (non-hydrogen) atoms. The van der Waals surface area contributed by atoms with Crippen LogP contribution >= 0.6 is 0 Å². The molecule has 1 aliphatic heterocycles. The van der Waals surface area contributed by atoms with Crippen LogP contribution in [0.1, 0.15) is 25.3 Å². The number of piperazine rings is 1. The van der Waals surface area contributed by atoms with Crippen molar-refractivity contribution in [2.24, 2.45) is 0 Å². The monoisotopic (exact) mass is 340 g/mol. The molecule has 0 saturated carbocycles. The molecule has 5 nitrogen and oxygen atoms in total. The van der Waals surface area contributed by atoms with E-state index in [0.717, 1.165) is 12.1 Å². The molecular formula is C17H22F2N2O3. The van der Waals surface area contributed by atoms with Gasteiger partial charge in [-0.2, -0.15) is 0 Å². The number of aliphatic hydroxyl groups excluding tert-OH is 1. The van der Waals surface area contributed by atoms with Crippen molar-refractivity contribution in [2.75, 3.05) is 26.2 Å². The number of halogens is 2. The van der Waals surface area contributed by atoms with Crippen molar-refractivity contribution < 1.29 is 23.5 Å². The van der Waals surface area contributed by atoms with E-state index in [1.54, 1.807) is 9.80 Å². The molecule has 1 saturated heterocycles. The van der Waals surface area contributed by atoms with Gasteiger partial charge in [0.1, 0.15) is 6.10 Å². The van der Waals surface area contributed by atoms with Gasteiger partial charge in [0, 0.05) is 32.6 Å². The van der Waals surface area contributed by atoms with Gasteiger partial charge in [0.2, 0.25) is 5.91 Å². The Bertz CT molecular complexity index is 599. The average molecular weight is 340 g/mol. The Morgan fingerprint density at radius 3 is 2.33 bits per heavy atom. The number of hydrogen-bond acceptors (Lipinski definition) is 3. The van der Waals surface area contributed by atoms with Crippen LogP contribution in [0.3, 0.4) is 0 Å². The molecule has 7 heteroatoms. The van der Waals surface area contributed by atoms with Crippen molar-refractivity contribution >= 4 is 11.8 Å². The predicted octanol–water partition coefficient (Wildman–Crippen LogP) is 1.34. The third kappa shape index (κ3) is 4.74. The van der Waals surface area contributed by atoms with Crippen LogP contribution in [0.5, 0.6) is 0 Å². The van der Waals surface area contributed by atoms with Gasteiger partial charge in [-0.25, -0.2) is 8.78 Å². The summed E-state index contributed by atoms with van der Waals surface area (Å²) in [5, 5.41) is 9.29. The molecule has 0 spiro atoms. The highest BCUT2D eigenvalue weighted by atomic mass is 19.2. The lowest BCUT2D eigenvalue weighted by molar-refractivity contribution is -0.144. The van der Waals surface area contributed by atoms with Crippen LogP contribution in [0.4, 0.5) is 8.78 Å². The number of aryl methyl sites for hydroxylation is 1. The third-order valence-electron chi connectivity index (χ3n) is 4.14. The van der Waals surface area contributed by atoms with Crippen LogP contribution in [0.25, 0.3) is 0 Å². The highest BCUT2D eigenvalue weighted by molar-refractivity contribution is 5.81. The first kappa shape index (κ1) is 18.3. The van der Waals surface area contributed by atoms with E-state index < -0.39 is 17.7 Å². The number of amides is 2. The van der Waals surface area contributed by atoms with E-state index in [1.165, 1.54) is 13.0 Å². The molecule has 1 heterocycles. The van der Waals surface area contributed by atoms with Crippen LogP contribution in [0.2, 0.25) is 0 Å². The van der Waals surface area contributed by atoms with E-state index in [0.29, 0.717) is 51.0 Å². The summed E-state index contributed by atoms with van der Waals surface area (Å²) in [6.45, 7) is 3.15. The minimum Gasteiger partial charge on any atom is -0.384 e. The van der Waals surface area contributed by atoms with Crippen molar-refractivity contribution in [2.45, 2.75) is 32.3 Å². The zero-order valence-electron chi connectivity index (χ0n) is 13.7. The molecule has 1 unspecified atom stereocenters. The van der Waals surface area contributed by atoms with Gasteiger partial charge < -0.3 is 14.9 Å². The summed E-state index contributed by atoms with van der Waals surface area (Å²) >= 11 is 0. The van der Waals surface area contributed by atoms with Crippen LogP contribution < -0.4 is 0 Å². The molecule has 1 atom stereocenters. The van der Waals surface area contributed by atoms with Gasteiger partial charge in [0.15, 0.2) is 11.6 Å². The van der Waals surface area contributed by atoms with E-state index in [4.69, 9.17) is 0 Å². The quantitative estimate of drug-likeness (QED) is 0.880. The summed E-state index contributed by atoms with van der Waals surface area (Å²) in [5.41, 5.74) is 0.661. The minimum absolute atomic E-state index is 0.0123. The van der Waals surface area contributed by atoms with Crippen LogP contribution in [0, 0.1) is 11.6 Å². The summed E-state index contributed by atoms with van der Waals surface area (Å²) in [4.78, 5) is 27.1. The van der Waals surface area contributed by atoms with E-state index in [-0.39, 0.29) is 11.8 Å². The molecular weight excluding hydrogens is 318 g/mol. The van der Waals surface area contributed by atoms with Crippen LogP contribution in [0.15, 0.2) is 18.2 Å². The number of hydrogen-bond donors (Lipinski definition) is 1. The first-order chi connectivity index (χ1) is 11.4. The lowest BCUT2D eigenvalue weighted by Gasteiger charge is -2.35. The maximum absolute atomic E-state index is 13.1. The van der Waals surface area contributed by atoms with E-state index in [9.17, 15) is 23.5 Å². The maximum Gasteiger partial charge on any atom is 0.251 e. The number of carbonyl (C=O) groups is 2. The zero-order valence-corrected chi connectivity index (χ0v) is 13.7. The van der Waals surface area contributed by atoms with E-state index >= 15 is 0 Å². The molecule has 2 rings (SSSR count). The number of rotatable bonds is 5. The number of nitrogens with zero attached hydrogens (tertiary/aromatic N) is 2. The molecule has 1 aliphatic rings. The number of carbonyl (C=O) groups excluding carboxylic acids is 2. The second-order valence-corrected chi connectivity index (χ2v) is 5.98.